The van der Waals surface area contributed by atoms with E-state index in [0.29, 0.717) is 16.3 Å². The van der Waals surface area contributed by atoms with Crippen molar-refractivity contribution in [3.63, 3.8) is 0 Å². The van der Waals surface area contributed by atoms with Gasteiger partial charge in [-0.15, -0.1) is 0 Å². The third-order valence-corrected chi connectivity index (χ3v) is 7.47. The van der Waals surface area contributed by atoms with E-state index in [0.717, 1.165) is 17.9 Å². The second-order valence-corrected chi connectivity index (χ2v) is 11.3. The summed E-state index contributed by atoms with van der Waals surface area (Å²) in [6.45, 7) is 2.92. The summed E-state index contributed by atoms with van der Waals surface area (Å²) in [7, 11) is -4.08. The Morgan fingerprint density at radius 2 is 1.51 bits per heavy atom. The first kappa shape index (κ1) is 29.8. The molecule has 2 amide bonds. The van der Waals surface area contributed by atoms with Gasteiger partial charge < -0.3 is 10.2 Å². The fourth-order valence-electron chi connectivity index (χ4n) is 4.03. The minimum absolute atomic E-state index is 0.0978. The highest BCUT2D eigenvalue weighted by molar-refractivity contribution is 7.92. The molecule has 0 saturated carbocycles. The van der Waals surface area contributed by atoms with Gasteiger partial charge in [-0.25, -0.2) is 17.2 Å². The third-order valence-electron chi connectivity index (χ3n) is 6.34. The van der Waals surface area contributed by atoms with Gasteiger partial charge in [0, 0.05) is 19.0 Å². The molecular formula is C29H33F2N3O4S. The molecule has 0 unspecified atom stereocenters. The van der Waals surface area contributed by atoms with Crippen molar-refractivity contribution in [2.75, 3.05) is 17.1 Å². The molecule has 7 nitrogen and oxygen atoms in total. The smallest absolute Gasteiger partial charge is 0.244 e. The lowest BCUT2D eigenvalue weighted by molar-refractivity contribution is -0.140. The first-order valence-electron chi connectivity index (χ1n) is 12.6. The number of sulfonamides is 1. The topological polar surface area (TPSA) is 86.8 Å². The quantitative estimate of drug-likeness (QED) is 0.360. The van der Waals surface area contributed by atoms with Crippen molar-refractivity contribution in [2.45, 2.75) is 45.3 Å². The van der Waals surface area contributed by atoms with E-state index in [2.05, 4.69) is 5.32 Å². The maximum Gasteiger partial charge on any atom is 0.244 e. The summed E-state index contributed by atoms with van der Waals surface area (Å²) in [5.74, 6) is -2.40. The molecule has 0 heterocycles. The van der Waals surface area contributed by atoms with Crippen molar-refractivity contribution in [3.8, 4) is 0 Å². The van der Waals surface area contributed by atoms with Crippen molar-refractivity contribution in [1.29, 1.82) is 0 Å². The van der Waals surface area contributed by atoms with Crippen LogP contribution in [0.15, 0.2) is 78.9 Å². The Morgan fingerprint density at radius 1 is 0.897 bits per heavy atom. The Kier molecular flexibility index (Phi) is 10.2. The molecule has 3 rings (SSSR count). The summed E-state index contributed by atoms with van der Waals surface area (Å²) in [5.41, 5.74) is 1.04. The minimum atomic E-state index is -4.08. The molecule has 0 fully saturated rings. The number of anilines is 1. The van der Waals surface area contributed by atoms with E-state index in [9.17, 15) is 26.8 Å². The molecule has 0 aromatic heterocycles. The molecule has 0 aliphatic rings. The van der Waals surface area contributed by atoms with Crippen molar-refractivity contribution < 1.29 is 26.8 Å². The Bertz CT molecular complexity index is 1370. The lowest BCUT2D eigenvalue weighted by Gasteiger charge is -2.34. The summed E-state index contributed by atoms with van der Waals surface area (Å²) in [5, 5.41) is 2.92. The van der Waals surface area contributed by atoms with E-state index < -0.39 is 46.1 Å². The van der Waals surface area contributed by atoms with Crippen LogP contribution in [0.2, 0.25) is 0 Å². The van der Waals surface area contributed by atoms with Gasteiger partial charge in [-0.2, -0.15) is 0 Å². The van der Waals surface area contributed by atoms with Crippen molar-refractivity contribution in [1.82, 2.24) is 10.2 Å². The number of hydrogen-bond donors (Lipinski definition) is 1. The van der Waals surface area contributed by atoms with Crippen LogP contribution in [0.5, 0.6) is 0 Å². The monoisotopic (exact) mass is 557 g/mol. The number of halogens is 2. The van der Waals surface area contributed by atoms with E-state index in [1.807, 2.05) is 44.2 Å². The number of hydrogen-bond acceptors (Lipinski definition) is 4. The number of nitrogens with one attached hydrogen (secondary N) is 1. The number of amides is 2. The summed E-state index contributed by atoms with van der Waals surface area (Å²) in [4.78, 5) is 28.7. The van der Waals surface area contributed by atoms with Crippen LogP contribution in [0.1, 0.15) is 31.4 Å². The Hall–Kier alpha value is -3.79. The molecular weight excluding hydrogens is 524 g/mol. The van der Waals surface area contributed by atoms with Crippen LogP contribution in [0.25, 0.3) is 0 Å². The summed E-state index contributed by atoms with van der Waals surface area (Å²) in [6, 6.07) is 18.6. The van der Waals surface area contributed by atoms with Gasteiger partial charge in [0.1, 0.15) is 24.2 Å². The van der Waals surface area contributed by atoms with Crippen molar-refractivity contribution in [3.05, 3.63) is 102 Å². The molecule has 0 radical (unpaired) electrons. The predicted molar refractivity (Wildman–Crippen MR) is 147 cm³/mol. The average Bonchev–Trinajstić information content (AvgIpc) is 2.90. The van der Waals surface area contributed by atoms with Gasteiger partial charge in [-0.3, -0.25) is 13.9 Å². The summed E-state index contributed by atoms with van der Waals surface area (Å²) in [6.07, 6.45) is 1.69. The van der Waals surface area contributed by atoms with Crippen LogP contribution in [-0.4, -0.2) is 50.0 Å². The van der Waals surface area contributed by atoms with Crippen LogP contribution in [0.3, 0.4) is 0 Å². The van der Waals surface area contributed by atoms with E-state index in [-0.39, 0.29) is 24.7 Å². The first-order valence-corrected chi connectivity index (χ1v) is 14.4. The largest absolute Gasteiger partial charge is 0.352 e. The third kappa shape index (κ3) is 8.35. The number of para-hydroxylation sites is 1. The second-order valence-electron chi connectivity index (χ2n) is 9.39. The fourth-order valence-corrected chi connectivity index (χ4v) is 4.88. The van der Waals surface area contributed by atoms with Crippen molar-refractivity contribution >= 4 is 27.5 Å². The maximum atomic E-state index is 14.6. The lowest BCUT2D eigenvalue weighted by Crippen LogP contribution is -2.54. The van der Waals surface area contributed by atoms with Gasteiger partial charge in [0.05, 0.1) is 11.9 Å². The molecule has 3 aromatic rings. The zero-order valence-corrected chi connectivity index (χ0v) is 23.0. The highest BCUT2D eigenvalue weighted by Gasteiger charge is 2.34. The molecule has 39 heavy (non-hydrogen) atoms. The maximum absolute atomic E-state index is 14.6. The molecule has 0 spiro atoms. The molecule has 0 aliphatic carbocycles. The number of carbonyl (C=O) groups excluding carboxylic acids is 2. The van der Waals surface area contributed by atoms with Crippen LogP contribution >= 0.6 is 0 Å². The van der Waals surface area contributed by atoms with Crippen LogP contribution in [0.4, 0.5) is 14.5 Å². The minimum Gasteiger partial charge on any atom is -0.352 e. The van der Waals surface area contributed by atoms with E-state index in [1.165, 1.54) is 47.4 Å². The van der Waals surface area contributed by atoms with E-state index >= 15 is 0 Å². The standard InChI is InChI=1S/C29H33F2N3O4S/c1-4-21(2)32-29(36)27(18-22-10-6-5-7-11-22)33(19-23-14-16-24(30)17-15-23)28(35)20-34(39(3,37)38)26-13-9-8-12-25(26)31/h5-17,21,27H,4,18-20H2,1-3H3,(H,32,36)/t21-,27-/m0/s1. The van der Waals surface area contributed by atoms with Gasteiger partial charge in [-0.1, -0.05) is 61.5 Å². The Morgan fingerprint density at radius 3 is 2.10 bits per heavy atom. The Labute approximate surface area is 228 Å². The molecule has 0 aliphatic heterocycles. The van der Waals surface area contributed by atoms with E-state index in [4.69, 9.17) is 0 Å². The van der Waals surface area contributed by atoms with Crippen molar-refractivity contribution in [2.24, 2.45) is 0 Å². The zero-order valence-electron chi connectivity index (χ0n) is 22.2. The molecule has 0 bridgehead atoms. The van der Waals surface area contributed by atoms with Crippen LogP contribution in [-0.2, 0) is 32.6 Å². The number of rotatable bonds is 12. The molecule has 10 heteroatoms. The Balaban J connectivity index is 2.06. The van der Waals surface area contributed by atoms with Gasteiger partial charge in [0.25, 0.3) is 0 Å². The SMILES string of the molecule is CC[C@H](C)NC(=O)[C@H](Cc1ccccc1)N(Cc1ccc(F)cc1)C(=O)CN(c1ccccc1F)S(C)(=O)=O. The van der Waals surface area contributed by atoms with Gasteiger partial charge in [0.2, 0.25) is 21.8 Å². The molecule has 3 aromatic carbocycles. The zero-order chi connectivity index (χ0) is 28.6. The molecule has 208 valence electrons. The highest BCUT2D eigenvalue weighted by atomic mass is 32.2. The average molecular weight is 558 g/mol. The number of carbonyl (C=O) groups is 2. The number of nitrogens with zero attached hydrogens (tertiary/aromatic N) is 2. The van der Waals surface area contributed by atoms with Crippen LogP contribution < -0.4 is 9.62 Å². The van der Waals surface area contributed by atoms with Crippen LogP contribution in [0, 0.1) is 11.6 Å². The summed E-state index contributed by atoms with van der Waals surface area (Å²) >= 11 is 0. The second kappa shape index (κ2) is 13.3. The fraction of sp³-hybridized carbons (Fsp3) is 0.310. The summed E-state index contributed by atoms with van der Waals surface area (Å²) < 4.78 is 54.3. The number of benzene rings is 3. The molecule has 2 atom stereocenters. The highest BCUT2D eigenvalue weighted by Crippen LogP contribution is 2.23. The molecule has 0 saturated heterocycles. The predicted octanol–water partition coefficient (Wildman–Crippen LogP) is 4.29. The first-order chi connectivity index (χ1) is 18.5. The van der Waals surface area contributed by atoms with E-state index in [1.54, 1.807) is 0 Å². The van der Waals surface area contributed by atoms with Gasteiger partial charge in [-0.05, 0) is 48.7 Å². The van der Waals surface area contributed by atoms with Gasteiger partial charge in [0.15, 0.2) is 0 Å². The lowest BCUT2D eigenvalue weighted by atomic mass is 10.0. The molecule has 1 N–H and O–H groups in total. The normalized spacial score (nSPS) is 12.8. The van der Waals surface area contributed by atoms with Gasteiger partial charge >= 0.3 is 0 Å².